The second-order valence-electron chi connectivity index (χ2n) is 4.80. The van der Waals surface area contributed by atoms with Gasteiger partial charge in [-0.2, -0.15) is 0 Å². The number of carbonyl (C=O) groups excluding carboxylic acids is 1. The lowest BCUT2D eigenvalue weighted by Gasteiger charge is -2.25. The highest BCUT2D eigenvalue weighted by Crippen LogP contribution is 2.24. The molecule has 108 valence electrons. The minimum absolute atomic E-state index is 0.153. The largest absolute Gasteiger partial charge is 0.342 e. The molecule has 0 aliphatic rings. The summed E-state index contributed by atoms with van der Waals surface area (Å²) in [6.07, 6.45) is 0. The Morgan fingerprint density at radius 2 is 1.89 bits per heavy atom. The minimum Gasteiger partial charge on any atom is -0.342 e. The van der Waals surface area contributed by atoms with Crippen LogP contribution in [0.25, 0.3) is 0 Å². The molecule has 2 atom stereocenters. The highest BCUT2D eigenvalue weighted by atomic mass is 32.1. The van der Waals surface area contributed by atoms with E-state index >= 15 is 0 Å². The Morgan fingerprint density at radius 3 is 2.32 bits per heavy atom. The fourth-order valence-corrected chi connectivity index (χ4v) is 3.22. The van der Waals surface area contributed by atoms with Crippen LogP contribution in [0.5, 0.6) is 0 Å². The van der Waals surface area contributed by atoms with Crippen LogP contribution in [0.2, 0.25) is 0 Å². The maximum atomic E-state index is 12.2. The molecule has 4 nitrogen and oxygen atoms in total. The highest BCUT2D eigenvalue weighted by molar-refractivity contribution is 7.11. The van der Waals surface area contributed by atoms with Gasteiger partial charge in [-0.3, -0.25) is 10.1 Å². The third-order valence-corrected chi connectivity index (χ3v) is 4.53. The summed E-state index contributed by atoms with van der Waals surface area (Å²) in [7, 11) is 0. The summed E-state index contributed by atoms with van der Waals surface area (Å²) in [5.74, 6) is 0.163. The van der Waals surface area contributed by atoms with Crippen molar-refractivity contribution in [2.75, 3.05) is 13.1 Å². The van der Waals surface area contributed by atoms with Gasteiger partial charge in [0, 0.05) is 24.0 Å². The summed E-state index contributed by atoms with van der Waals surface area (Å²) in [6.45, 7) is 13.6. The van der Waals surface area contributed by atoms with Crippen LogP contribution in [0, 0.1) is 13.8 Å². The quantitative estimate of drug-likeness (QED) is 0.873. The smallest absolute Gasteiger partial charge is 0.239 e. The van der Waals surface area contributed by atoms with Crippen LogP contribution in [-0.2, 0) is 4.79 Å². The summed E-state index contributed by atoms with van der Waals surface area (Å²) in [5, 5.41) is 4.45. The number of nitrogens with zero attached hydrogens (tertiary/aromatic N) is 2. The van der Waals surface area contributed by atoms with Crippen LogP contribution in [0.4, 0.5) is 0 Å². The number of hydrogen-bond acceptors (Lipinski definition) is 4. The summed E-state index contributed by atoms with van der Waals surface area (Å²) < 4.78 is 0. The molecule has 1 aromatic rings. The number of nitrogens with one attached hydrogen (secondary N) is 1. The number of rotatable bonds is 6. The van der Waals surface area contributed by atoms with E-state index in [0.29, 0.717) is 0 Å². The van der Waals surface area contributed by atoms with Gasteiger partial charge in [-0.25, -0.2) is 4.98 Å². The monoisotopic (exact) mass is 283 g/mol. The van der Waals surface area contributed by atoms with Gasteiger partial charge in [0.05, 0.1) is 16.7 Å². The fourth-order valence-electron chi connectivity index (χ4n) is 2.28. The van der Waals surface area contributed by atoms with Gasteiger partial charge in [-0.05, 0) is 41.5 Å². The van der Waals surface area contributed by atoms with E-state index in [9.17, 15) is 4.79 Å². The lowest BCUT2D eigenvalue weighted by Crippen LogP contribution is -2.45. The van der Waals surface area contributed by atoms with Crippen LogP contribution in [0.15, 0.2) is 0 Å². The van der Waals surface area contributed by atoms with Crippen LogP contribution in [0.3, 0.4) is 0 Å². The molecule has 1 aromatic heterocycles. The third-order valence-electron chi connectivity index (χ3n) is 3.28. The zero-order valence-corrected chi connectivity index (χ0v) is 13.6. The molecule has 0 aromatic carbocycles. The molecule has 5 heteroatoms. The van der Waals surface area contributed by atoms with E-state index < -0.39 is 0 Å². The standard InChI is InChI=1S/C14H25N3OS/c1-7-17(8-2)14(18)11(5)15-9(3)13-10(4)16-12(6)19-13/h9,11,15H,7-8H2,1-6H3. The molecule has 2 unspecified atom stereocenters. The van der Waals surface area contributed by atoms with Crippen molar-refractivity contribution >= 4 is 17.2 Å². The second-order valence-corrected chi connectivity index (χ2v) is 6.04. The van der Waals surface area contributed by atoms with Gasteiger partial charge < -0.3 is 4.90 Å². The Hall–Kier alpha value is -0.940. The van der Waals surface area contributed by atoms with E-state index in [-0.39, 0.29) is 18.0 Å². The van der Waals surface area contributed by atoms with Gasteiger partial charge >= 0.3 is 0 Å². The van der Waals surface area contributed by atoms with Crippen molar-refractivity contribution in [3.63, 3.8) is 0 Å². The molecule has 19 heavy (non-hydrogen) atoms. The third kappa shape index (κ3) is 4.01. The number of aromatic nitrogens is 1. The van der Waals surface area contributed by atoms with E-state index in [1.54, 1.807) is 11.3 Å². The number of likely N-dealkylation sites (N-methyl/N-ethyl adjacent to an activating group) is 1. The predicted octanol–water partition coefficient (Wildman–Crippen LogP) is 2.67. The Kier molecular flexibility index (Phi) is 5.94. The maximum Gasteiger partial charge on any atom is 0.239 e. The van der Waals surface area contributed by atoms with Crippen molar-refractivity contribution in [3.05, 3.63) is 15.6 Å². The first-order valence-electron chi connectivity index (χ1n) is 6.89. The molecule has 0 aliphatic carbocycles. The van der Waals surface area contributed by atoms with E-state index in [2.05, 4.69) is 17.2 Å². The van der Waals surface area contributed by atoms with Crippen molar-refractivity contribution in [1.82, 2.24) is 15.2 Å². The van der Waals surface area contributed by atoms with E-state index in [0.717, 1.165) is 23.8 Å². The fraction of sp³-hybridized carbons (Fsp3) is 0.714. The van der Waals surface area contributed by atoms with Gasteiger partial charge in [0.1, 0.15) is 0 Å². The minimum atomic E-state index is -0.170. The van der Waals surface area contributed by atoms with Crippen LogP contribution in [-0.4, -0.2) is 34.9 Å². The molecule has 0 bridgehead atoms. The van der Waals surface area contributed by atoms with Gasteiger partial charge in [-0.15, -0.1) is 11.3 Å². The average molecular weight is 283 g/mol. The van der Waals surface area contributed by atoms with Gasteiger partial charge in [0.25, 0.3) is 0 Å². The first-order chi connectivity index (χ1) is 8.90. The molecule has 0 saturated carbocycles. The first kappa shape index (κ1) is 16.1. The van der Waals surface area contributed by atoms with Crippen molar-refractivity contribution in [1.29, 1.82) is 0 Å². The Morgan fingerprint density at radius 1 is 1.32 bits per heavy atom. The number of aryl methyl sites for hydroxylation is 2. The number of carbonyl (C=O) groups is 1. The van der Waals surface area contributed by atoms with Crippen LogP contribution < -0.4 is 5.32 Å². The van der Waals surface area contributed by atoms with E-state index in [1.807, 2.05) is 39.5 Å². The molecular formula is C14H25N3OS. The number of hydrogen-bond donors (Lipinski definition) is 1. The van der Waals surface area contributed by atoms with Crippen molar-refractivity contribution < 1.29 is 4.79 Å². The maximum absolute atomic E-state index is 12.2. The van der Waals surface area contributed by atoms with E-state index in [1.165, 1.54) is 4.88 Å². The van der Waals surface area contributed by atoms with Gasteiger partial charge in [0.2, 0.25) is 5.91 Å². The SMILES string of the molecule is CCN(CC)C(=O)C(C)NC(C)c1sc(C)nc1C. The summed E-state index contributed by atoms with van der Waals surface area (Å²) in [6, 6.07) is -0.0163. The predicted molar refractivity (Wildman–Crippen MR) is 80.5 cm³/mol. The van der Waals surface area contributed by atoms with Gasteiger partial charge in [0.15, 0.2) is 0 Å². The number of amides is 1. The molecule has 0 spiro atoms. The zero-order valence-electron chi connectivity index (χ0n) is 12.8. The topological polar surface area (TPSA) is 45.2 Å². The first-order valence-corrected chi connectivity index (χ1v) is 7.71. The molecular weight excluding hydrogens is 258 g/mol. The molecule has 0 aliphatic heterocycles. The molecule has 1 rings (SSSR count). The molecule has 1 amide bonds. The molecule has 1 N–H and O–H groups in total. The Bertz CT molecular complexity index is 426. The second kappa shape index (κ2) is 7.01. The number of thiazole rings is 1. The van der Waals surface area contributed by atoms with Crippen LogP contribution in [0.1, 0.15) is 49.3 Å². The Balaban J connectivity index is 2.68. The molecule has 1 heterocycles. The normalized spacial score (nSPS) is 14.2. The summed E-state index contributed by atoms with van der Waals surface area (Å²) in [5.41, 5.74) is 1.06. The van der Waals surface area contributed by atoms with Crippen molar-refractivity contribution in [2.45, 2.75) is 53.6 Å². The summed E-state index contributed by atoms with van der Waals surface area (Å²) in [4.78, 5) is 19.7. The van der Waals surface area contributed by atoms with Crippen molar-refractivity contribution in [3.8, 4) is 0 Å². The Labute approximate surface area is 120 Å². The molecule has 0 fully saturated rings. The summed E-state index contributed by atoms with van der Waals surface area (Å²) >= 11 is 1.70. The van der Waals surface area contributed by atoms with Crippen molar-refractivity contribution in [2.24, 2.45) is 0 Å². The van der Waals surface area contributed by atoms with Gasteiger partial charge in [-0.1, -0.05) is 0 Å². The van der Waals surface area contributed by atoms with Crippen LogP contribution >= 0.6 is 11.3 Å². The highest BCUT2D eigenvalue weighted by Gasteiger charge is 2.21. The van der Waals surface area contributed by atoms with E-state index in [4.69, 9.17) is 0 Å². The lowest BCUT2D eigenvalue weighted by molar-refractivity contribution is -0.132. The lowest BCUT2D eigenvalue weighted by atomic mass is 10.2. The molecule has 0 saturated heterocycles. The molecule has 0 radical (unpaired) electrons. The average Bonchev–Trinajstić information content (AvgIpc) is 2.69. The zero-order chi connectivity index (χ0) is 14.6.